The fraction of sp³-hybridized carbons (Fsp3) is 0.278. The van der Waals surface area contributed by atoms with E-state index >= 15 is 0 Å². The van der Waals surface area contributed by atoms with E-state index < -0.39 is 0 Å². The zero-order chi connectivity index (χ0) is 17.0. The molecule has 2 rings (SSSR count). The third-order valence-electron chi connectivity index (χ3n) is 3.38. The maximum Gasteiger partial charge on any atom is 0.262 e. The van der Waals surface area contributed by atoms with Crippen LogP contribution in [0.2, 0.25) is 5.02 Å². The lowest BCUT2D eigenvalue weighted by Crippen LogP contribution is -2.20. The molecule has 0 aliphatic heterocycles. The topological polar surface area (TPSA) is 38.3 Å². The Morgan fingerprint density at radius 2 is 2.04 bits per heavy atom. The van der Waals surface area contributed by atoms with Gasteiger partial charge in [0.1, 0.15) is 5.75 Å². The van der Waals surface area contributed by atoms with Crippen molar-refractivity contribution in [1.29, 1.82) is 0 Å². The first kappa shape index (κ1) is 17.8. The monoisotopic (exact) mass is 395 g/mol. The quantitative estimate of drug-likeness (QED) is 0.719. The maximum atomic E-state index is 12.0. The molecule has 23 heavy (non-hydrogen) atoms. The highest BCUT2D eigenvalue weighted by Crippen LogP contribution is 2.32. The fourth-order valence-corrected chi connectivity index (χ4v) is 2.70. The lowest BCUT2D eigenvalue weighted by Gasteiger charge is -2.16. The summed E-state index contributed by atoms with van der Waals surface area (Å²) in [6, 6.07) is 11.0. The molecule has 0 aliphatic carbocycles. The summed E-state index contributed by atoms with van der Waals surface area (Å²) in [6.07, 6.45) is 0. The number of hydrogen-bond donors (Lipinski definition) is 1. The van der Waals surface area contributed by atoms with Crippen molar-refractivity contribution in [2.45, 2.75) is 26.7 Å². The molecule has 1 N–H and O–H groups in total. The van der Waals surface area contributed by atoms with Crippen LogP contribution in [0.3, 0.4) is 0 Å². The van der Waals surface area contributed by atoms with Gasteiger partial charge in [-0.3, -0.25) is 4.79 Å². The summed E-state index contributed by atoms with van der Waals surface area (Å²) in [7, 11) is 0. The van der Waals surface area contributed by atoms with E-state index in [1.807, 2.05) is 19.1 Å². The Bertz CT molecular complexity index is 716. The van der Waals surface area contributed by atoms with Crippen molar-refractivity contribution in [1.82, 2.24) is 0 Å². The third-order valence-corrected chi connectivity index (χ3v) is 4.47. The van der Waals surface area contributed by atoms with Crippen LogP contribution in [0.25, 0.3) is 0 Å². The van der Waals surface area contributed by atoms with Gasteiger partial charge in [0.15, 0.2) is 6.61 Å². The molecular weight excluding hydrogens is 378 g/mol. The average molecular weight is 397 g/mol. The van der Waals surface area contributed by atoms with Crippen LogP contribution in [0.1, 0.15) is 30.9 Å². The zero-order valence-electron chi connectivity index (χ0n) is 13.3. The summed E-state index contributed by atoms with van der Waals surface area (Å²) in [6.45, 7) is 6.13. The van der Waals surface area contributed by atoms with Gasteiger partial charge in [-0.15, -0.1) is 0 Å². The Balaban J connectivity index is 2.05. The van der Waals surface area contributed by atoms with Gasteiger partial charge in [0, 0.05) is 15.2 Å². The molecule has 3 nitrogen and oxygen atoms in total. The van der Waals surface area contributed by atoms with Crippen molar-refractivity contribution in [2.24, 2.45) is 0 Å². The number of nitrogens with one attached hydrogen (secondary N) is 1. The molecule has 0 fully saturated rings. The van der Waals surface area contributed by atoms with Gasteiger partial charge in [0.05, 0.1) is 0 Å². The van der Waals surface area contributed by atoms with E-state index in [1.165, 1.54) is 0 Å². The number of halogens is 2. The lowest BCUT2D eigenvalue weighted by atomic mass is 10.0. The van der Waals surface area contributed by atoms with E-state index in [0.717, 1.165) is 21.3 Å². The Hall–Kier alpha value is -1.52. The minimum atomic E-state index is -0.220. The molecule has 0 bridgehead atoms. The van der Waals surface area contributed by atoms with E-state index in [4.69, 9.17) is 16.3 Å². The highest BCUT2D eigenvalue weighted by molar-refractivity contribution is 9.10. The third kappa shape index (κ3) is 4.98. The number of anilines is 1. The zero-order valence-corrected chi connectivity index (χ0v) is 15.7. The van der Waals surface area contributed by atoms with Crippen LogP contribution >= 0.6 is 27.5 Å². The minimum absolute atomic E-state index is 0.0483. The van der Waals surface area contributed by atoms with Crippen LogP contribution in [0.5, 0.6) is 5.75 Å². The molecule has 0 saturated heterocycles. The van der Waals surface area contributed by atoms with Crippen molar-refractivity contribution in [3.63, 3.8) is 0 Å². The summed E-state index contributed by atoms with van der Waals surface area (Å²) in [5.74, 6) is 0.822. The van der Waals surface area contributed by atoms with Crippen molar-refractivity contribution >= 4 is 39.1 Å². The van der Waals surface area contributed by atoms with Crippen molar-refractivity contribution in [2.75, 3.05) is 11.9 Å². The van der Waals surface area contributed by atoms with E-state index in [9.17, 15) is 4.79 Å². The molecule has 0 radical (unpaired) electrons. The molecule has 1 amide bonds. The first-order valence-corrected chi connectivity index (χ1v) is 8.52. The van der Waals surface area contributed by atoms with Crippen LogP contribution in [0.4, 0.5) is 5.69 Å². The van der Waals surface area contributed by atoms with Gasteiger partial charge >= 0.3 is 0 Å². The second kappa shape index (κ2) is 7.84. The highest BCUT2D eigenvalue weighted by Gasteiger charge is 2.12. The molecule has 0 saturated carbocycles. The van der Waals surface area contributed by atoms with Gasteiger partial charge in [-0.2, -0.15) is 0 Å². The summed E-state index contributed by atoms with van der Waals surface area (Å²) in [4.78, 5) is 12.0. The molecular formula is C18H19BrClNO2. The standard InChI is InChI=1S/C18H19BrClNO2/c1-11(2)15-9-16(19)12(3)7-17(15)23-10-18(22)21-14-6-4-5-13(20)8-14/h4-9,11H,10H2,1-3H3,(H,21,22). The van der Waals surface area contributed by atoms with Crippen molar-refractivity contribution in [3.8, 4) is 5.75 Å². The van der Waals surface area contributed by atoms with Gasteiger partial charge in [-0.1, -0.05) is 47.4 Å². The molecule has 2 aromatic rings. The summed E-state index contributed by atoms with van der Waals surface area (Å²) in [5, 5.41) is 3.35. The maximum absolute atomic E-state index is 12.0. The largest absolute Gasteiger partial charge is 0.483 e. The Morgan fingerprint density at radius 3 is 2.70 bits per heavy atom. The van der Waals surface area contributed by atoms with E-state index in [0.29, 0.717) is 16.6 Å². The van der Waals surface area contributed by atoms with Crippen LogP contribution in [-0.2, 0) is 4.79 Å². The first-order valence-electron chi connectivity index (χ1n) is 7.35. The molecule has 0 aromatic heterocycles. The number of amides is 1. The molecule has 0 spiro atoms. The Labute approximate surface area is 150 Å². The summed E-state index contributed by atoms with van der Waals surface area (Å²) < 4.78 is 6.77. The highest BCUT2D eigenvalue weighted by atomic mass is 79.9. The van der Waals surface area contributed by atoms with Gasteiger partial charge in [-0.25, -0.2) is 0 Å². The smallest absolute Gasteiger partial charge is 0.262 e. The predicted octanol–water partition coefficient (Wildman–Crippen LogP) is 5.55. The van der Waals surface area contributed by atoms with Gasteiger partial charge in [0.25, 0.3) is 5.91 Å². The van der Waals surface area contributed by atoms with Gasteiger partial charge in [-0.05, 0) is 54.3 Å². The van der Waals surface area contributed by atoms with Crippen molar-refractivity contribution in [3.05, 3.63) is 57.0 Å². The lowest BCUT2D eigenvalue weighted by molar-refractivity contribution is -0.118. The normalized spacial score (nSPS) is 10.7. The number of rotatable bonds is 5. The SMILES string of the molecule is Cc1cc(OCC(=O)Nc2cccc(Cl)c2)c(C(C)C)cc1Br. The van der Waals surface area contributed by atoms with Gasteiger partial charge in [0.2, 0.25) is 0 Å². The fourth-order valence-electron chi connectivity index (χ4n) is 2.15. The predicted molar refractivity (Wildman–Crippen MR) is 98.5 cm³/mol. The van der Waals surface area contributed by atoms with Crippen molar-refractivity contribution < 1.29 is 9.53 Å². The molecule has 2 aromatic carbocycles. The molecule has 5 heteroatoms. The minimum Gasteiger partial charge on any atom is -0.483 e. The van der Waals surface area contributed by atoms with Crippen LogP contribution in [-0.4, -0.2) is 12.5 Å². The first-order chi connectivity index (χ1) is 10.9. The number of ether oxygens (including phenoxy) is 1. The summed E-state index contributed by atoms with van der Waals surface area (Å²) in [5.41, 5.74) is 2.79. The summed E-state index contributed by atoms with van der Waals surface area (Å²) >= 11 is 9.43. The second-order valence-electron chi connectivity index (χ2n) is 5.64. The average Bonchev–Trinajstić information content (AvgIpc) is 2.47. The van der Waals surface area contributed by atoms with E-state index in [2.05, 4.69) is 35.1 Å². The van der Waals surface area contributed by atoms with E-state index in [-0.39, 0.29) is 12.5 Å². The molecule has 122 valence electrons. The molecule has 0 atom stereocenters. The molecule has 0 unspecified atom stereocenters. The van der Waals surface area contributed by atoms with Gasteiger partial charge < -0.3 is 10.1 Å². The number of benzene rings is 2. The number of carbonyl (C=O) groups excluding carboxylic acids is 1. The number of aryl methyl sites for hydroxylation is 1. The van der Waals surface area contributed by atoms with Crippen LogP contribution in [0, 0.1) is 6.92 Å². The molecule has 0 aliphatic rings. The van der Waals surface area contributed by atoms with Crippen LogP contribution < -0.4 is 10.1 Å². The Kier molecular flexibility index (Phi) is 6.08. The van der Waals surface area contributed by atoms with E-state index in [1.54, 1.807) is 24.3 Å². The van der Waals surface area contributed by atoms with Crippen LogP contribution in [0.15, 0.2) is 40.9 Å². The second-order valence-corrected chi connectivity index (χ2v) is 6.93. The molecule has 0 heterocycles. The number of carbonyl (C=O) groups is 1. The Morgan fingerprint density at radius 1 is 1.30 bits per heavy atom. The number of hydrogen-bond acceptors (Lipinski definition) is 2.